The molecular formula is C61H114O5. The fourth-order valence-electron chi connectivity index (χ4n) is 8.67. The average molecular weight is 928 g/mol. The Bertz CT molecular complexity index is 1050. The minimum absolute atomic E-state index is 0.0826. The van der Waals surface area contributed by atoms with Gasteiger partial charge in [-0.1, -0.05) is 243 Å². The molecule has 0 aliphatic carbocycles. The molecule has 0 aliphatic heterocycles. The van der Waals surface area contributed by atoms with E-state index in [0.29, 0.717) is 19.4 Å². The smallest absolute Gasteiger partial charge is 0.306 e. The molecule has 0 unspecified atom stereocenters. The largest absolute Gasteiger partial charge is 0.462 e. The lowest BCUT2D eigenvalue weighted by Gasteiger charge is -2.18. The van der Waals surface area contributed by atoms with Crippen LogP contribution >= 0.6 is 0 Å². The molecule has 388 valence electrons. The van der Waals surface area contributed by atoms with E-state index < -0.39 is 6.10 Å². The summed E-state index contributed by atoms with van der Waals surface area (Å²) >= 11 is 0. The maximum Gasteiger partial charge on any atom is 0.306 e. The summed E-state index contributed by atoms with van der Waals surface area (Å²) in [6, 6.07) is 0. The number of ether oxygens (including phenoxy) is 3. The van der Waals surface area contributed by atoms with Gasteiger partial charge in [0.05, 0.1) is 6.61 Å². The fourth-order valence-corrected chi connectivity index (χ4v) is 8.67. The Balaban J connectivity index is 4.25. The summed E-state index contributed by atoms with van der Waals surface area (Å²) in [5.41, 5.74) is 0. The van der Waals surface area contributed by atoms with E-state index in [4.69, 9.17) is 14.2 Å². The van der Waals surface area contributed by atoms with Crippen LogP contribution in [0.4, 0.5) is 0 Å². The van der Waals surface area contributed by atoms with E-state index in [1.807, 2.05) is 0 Å². The van der Waals surface area contributed by atoms with E-state index in [1.54, 1.807) is 0 Å². The summed E-state index contributed by atoms with van der Waals surface area (Å²) in [6.45, 7) is 7.85. The van der Waals surface area contributed by atoms with Gasteiger partial charge >= 0.3 is 11.9 Å². The first-order valence-corrected chi connectivity index (χ1v) is 29.5. The van der Waals surface area contributed by atoms with Crippen molar-refractivity contribution in [1.29, 1.82) is 0 Å². The van der Waals surface area contributed by atoms with Crippen LogP contribution in [0.1, 0.15) is 316 Å². The van der Waals surface area contributed by atoms with E-state index in [-0.39, 0.29) is 25.2 Å². The molecule has 0 N–H and O–H groups in total. The predicted octanol–water partition coefficient (Wildman–Crippen LogP) is 20.1. The Labute approximate surface area is 412 Å². The third-order valence-electron chi connectivity index (χ3n) is 13.1. The average Bonchev–Trinajstić information content (AvgIpc) is 3.32. The van der Waals surface area contributed by atoms with Crippen molar-refractivity contribution in [3.05, 3.63) is 36.5 Å². The molecule has 0 fully saturated rings. The van der Waals surface area contributed by atoms with Gasteiger partial charge in [-0.3, -0.25) is 9.59 Å². The van der Waals surface area contributed by atoms with Crippen LogP contribution in [0, 0.1) is 0 Å². The molecule has 0 heterocycles. The van der Waals surface area contributed by atoms with E-state index in [0.717, 1.165) is 51.4 Å². The van der Waals surface area contributed by atoms with Crippen LogP contribution < -0.4 is 0 Å². The summed E-state index contributed by atoms with van der Waals surface area (Å²) in [4.78, 5) is 25.5. The zero-order valence-corrected chi connectivity index (χ0v) is 44.7. The summed E-state index contributed by atoms with van der Waals surface area (Å²) in [5, 5.41) is 0. The second kappa shape index (κ2) is 57.4. The molecule has 1 atom stereocenters. The monoisotopic (exact) mass is 927 g/mol. The van der Waals surface area contributed by atoms with Crippen LogP contribution in [0.2, 0.25) is 0 Å². The molecule has 0 saturated carbocycles. The lowest BCUT2D eigenvalue weighted by atomic mass is 10.1. The number of allylic oxidation sites excluding steroid dienone is 6. The van der Waals surface area contributed by atoms with Crippen molar-refractivity contribution >= 4 is 11.9 Å². The maximum atomic E-state index is 12.9. The van der Waals surface area contributed by atoms with E-state index in [2.05, 4.69) is 57.2 Å². The molecule has 0 amide bonds. The van der Waals surface area contributed by atoms with E-state index in [9.17, 15) is 9.59 Å². The van der Waals surface area contributed by atoms with Crippen molar-refractivity contribution in [2.45, 2.75) is 322 Å². The van der Waals surface area contributed by atoms with Crippen LogP contribution in [-0.4, -0.2) is 37.9 Å². The topological polar surface area (TPSA) is 61.8 Å². The van der Waals surface area contributed by atoms with Gasteiger partial charge < -0.3 is 14.2 Å². The zero-order chi connectivity index (χ0) is 47.7. The van der Waals surface area contributed by atoms with Gasteiger partial charge in [-0.25, -0.2) is 0 Å². The molecule has 5 heteroatoms. The molecule has 0 aromatic rings. The third kappa shape index (κ3) is 54.7. The van der Waals surface area contributed by atoms with Crippen LogP contribution in [0.15, 0.2) is 36.5 Å². The van der Waals surface area contributed by atoms with Crippen LogP contribution in [0.25, 0.3) is 0 Å². The molecule has 0 aromatic carbocycles. The number of rotatable bonds is 55. The maximum absolute atomic E-state index is 12.9. The first-order valence-electron chi connectivity index (χ1n) is 29.5. The molecule has 0 aliphatic rings. The Morgan fingerprint density at radius 3 is 0.924 bits per heavy atom. The van der Waals surface area contributed by atoms with Gasteiger partial charge in [-0.2, -0.15) is 0 Å². The van der Waals surface area contributed by atoms with Gasteiger partial charge in [0.15, 0.2) is 6.10 Å². The molecule has 0 radical (unpaired) electrons. The van der Waals surface area contributed by atoms with Crippen LogP contribution in [-0.2, 0) is 23.8 Å². The lowest BCUT2D eigenvalue weighted by Crippen LogP contribution is -2.30. The zero-order valence-electron chi connectivity index (χ0n) is 44.7. The number of hydrogen-bond acceptors (Lipinski definition) is 5. The van der Waals surface area contributed by atoms with Gasteiger partial charge in [-0.05, 0) is 96.3 Å². The quantitative estimate of drug-likeness (QED) is 0.0345. The number of hydrogen-bond donors (Lipinski definition) is 0. The molecule has 0 spiro atoms. The molecule has 0 saturated heterocycles. The van der Waals surface area contributed by atoms with Gasteiger partial charge in [0.25, 0.3) is 0 Å². The molecule has 0 rings (SSSR count). The van der Waals surface area contributed by atoms with E-state index in [1.165, 1.54) is 231 Å². The standard InChI is InChI=1S/C61H114O5/c1-4-7-10-13-16-19-22-25-28-30-31-32-34-36-39-42-45-48-51-54-60(62)65-58-59(57-64-56-53-50-47-44-41-38-35-29-26-23-20-17-14-11-8-5-2)66-61(63)55-52-49-46-43-40-37-33-27-24-21-18-15-12-9-6-3/h25-29,33,59H,4-24,30-32,34-58H2,1-3H3/b28-25-,29-26+,33-27-/t59-/m1/s1. The minimum Gasteiger partial charge on any atom is -0.462 e. The van der Waals surface area contributed by atoms with Gasteiger partial charge in [-0.15, -0.1) is 0 Å². The van der Waals surface area contributed by atoms with Gasteiger partial charge in [0.2, 0.25) is 0 Å². The normalized spacial score (nSPS) is 12.3. The molecule has 5 nitrogen and oxygen atoms in total. The Morgan fingerprint density at radius 2 is 0.591 bits per heavy atom. The second-order valence-corrected chi connectivity index (χ2v) is 19.9. The first-order chi connectivity index (χ1) is 32.6. The number of carbonyl (C=O) groups is 2. The Morgan fingerprint density at radius 1 is 0.318 bits per heavy atom. The summed E-state index contributed by atoms with van der Waals surface area (Å²) in [7, 11) is 0. The van der Waals surface area contributed by atoms with Crippen LogP contribution in [0.5, 0.6) is 0 Å². The van der Waals surface area contributed by atoms with E-state index >= 15 is 0 Å². The van der Waals surface area contributed by atoms with Gasteiger partial charge in [0.1, 0.15) is 6.61 Å². The third-order valence-corrected chi connectivity index (χ3v) is 13.1. The summed E-state index contributed by atoms with van der Waals surface area (Å²) in [5.74, 6) is -0.396. The predicted molar refractivity (Wildman–Crippen MR) is 288 cm³/mol. The second-order valence-electron chi connectivity index (χ2n) is 19.9. The number of esters is 2. The summed E-state index contributed by atoms with van der Waals surface area (Å²) < 4.78 is 17.5. The van der Waals surface area contributed by atoms with Gasteiger partial charge in [0, 0.05) is 19.4 Å². The van der Waals surface area contributed by atoms with Crippen molar-refractivity contribution in [1.82, 2.24) is 0 Å². The number of carbonyl (C=O) groups excluding carboxylic acids is 2. The Kier molecular flexibility index (Phi) is 55.8. The first kappa shape index (κ1) is 64.1. The summed E-state index contributed by atoms with van der Waals surface area (Å²) in [6.07, 6.45) is 70.2. The highest BCUT2D eigenvalue weighted by molar-refractivity contribution is 5.70. The van der Waals surface area contributed by atoms with Crippen molar-refractivity contribution in [2.75, 3.05) is 19.8 Å². The molecule has 0 bridgehead atoms. The Hall–Kier alpha value is -1.88. The molecule has 0 aromatic heterocycles. The molecule has 66 heavy (non-hydrogen) atoms. The molecular weight excluding hydrogens is 813 g/mol. The highest BCUT2D eigenvalue weighted by atomic mass is 16.6. The SMILES string of the molecule is CCCCCCCC/C=C\CCCCCCCCCCCC(=O)OC[C@@H](COCCCCCCCC/C=C/CCCCCCCC)OC(=O)CCCCCCC/C=C\CCCCCCCC. The highest BCUT2D eigenvalue weighted by Crippen LogP contribution is 2.15. The van der Waals surface area contributed by atoms with Crippen molar-refractivity contribution in [2.24, 2.45) is 0 Å². The van der Waals surface area contributed by atoms with Crippen molar-refractivity contribution < 1.29 is 23.8 Å². The minimum atomic E-state index is -0.542. The van der Waals surface area contributed by atoms with Crippen LogP contribution in [0.3, 0.4) is 0 Å². The number of unbranched alkanes of at least 4 members (excludes halogenated alkanes) is 38. The fraction of sp³-hybridized carbons (Fsp3) is 0.869. The lowest BCUT2D eigenvalue weighted by molar-refractivity contribution is -0.163. The highest BCUT2D eigenvalue weighted by Gasteiger charge is 2.17. The van der Waals surface area contributed by atoms with Crippen molar-refractivity contribution in [3.63, 3.8) is 0 Å². The van der Waals surface area contributed by atoms with Crippen molar-refractivity contribution in [3.8, 4) is 0 Å².